The summed E-state index contributed by atoms with van der Waals surface area (Å²) in [5.41, 5.74) is 1.21. The number of carbonyl (C=O) groups excluding carboxylic acids is 1. The van der Waals surface area contributed by atoms with Crippen molar-refractivity contribution in [1.29, 1.82) is 0 Å². The minimum absolute atomic E-state index is 0.0247. The van der Waals surface area contributed by atoms with Gasteiger partial charge in [0.2, 0.25) is 11.8 Å². The number of amides is 1. The van der Waals surface area contributed by atoms with E-state index in [9.17, 15) is 13.2 Å². The summed E-state index contributed by atoms with van der Waals surface area (Å²) in [6.07, 6.45) is 5.42. The number of aromatic nitrogens is 2. The van der Waals surface area contributed by atoms with Crippen molar-refractivity contribution in [1.82, 2.24) is 20.8 Å². The predicted octanol–water partition coefficient (Wildman–Crippen LogP) is 3.67. The maximum atomic E-state index is 12.9. The number of nitrogens with one attached hydrogen (secondary N) is 2. The first-order chi connectivity index (χ1) is 15.9. The molecule has 2 saturated carbocycles. The van der Waals surface area contributed by atoms with Crippen molar-refractivity contribution in [3.8, 4) is 0 Å². The highest BCUT2D eigenvalue weighted by Crippen LogP contribution is 2.37. The summed E-state index contributed by atoms with van der Waals surface area (Å²) >= 11 is 6.09. The molecule has 2 aliphatic rings. The number of halogens is 1. The summed E-state index contributed by atoms with van der Waals surface area (Å²) in [5, 5.41) is 11.1. The molecule has 2 N–H and O–H groups in total. The van der Waals surface area contributed by atoms with Crippen molar-refractivity contribution in [2.75, 3.05) is 0 Å². The first-order valence-electron chi connectivity index (χ1n) is 11.8. The average Bonchev–Trinajstić information content (AvgIpc) is 3.44. The highest BCUT2D eigenvalue weighted by atomic mass is 35.5. The van der Waals surface area contributed by atoms with Gasteiger partial charge in [0.25, 0.3) is 0 Å². The van der Waals surface area contributed by atoms with Gasteiger partial charge in [-0.15, -0.1) is 0 Å². The monoisotopic (exact) mass is 508 g/mol. The zero-order valence-electron chi connectivity index (χ0n) is 20.2. The van der Waals surface area contributed by atoms with Crippen LogP contribution in [-0.4, -0.2) is 42.6 Å². The van der Waals surface area contributed by atoms with Crippen LogP contribution >= 0.6 is 11.6 Å². The molecule has 2 fully saturated rings. The van der Waals surface area contributed by atoms with Gasteiger partial charge in [0.15, 0.2) is 15.7 Å². The van der Waals surface area contributed by atoms with Gasteiger partial charge in [0.1, 0.15) is 12.2 Å². The molecule has 2 unspecified atom stereocenters. The third kappa shape index (κ3) is 5.98. The Balaban J connectivity index is 1.34. The smallest absolute Gasteiger partial charge is 0.236 e. The minimum Gasteiger partial charge on any atom is -0.352 e. The van der Waals surface area contributed by atoms with Gasteiger partial charge in [0.05, 0.1) is 4.90 Å². The van der Waals surface area contributed by atoms with Crippen molar-refractivity contribution in [3.63, 3.8) is 0 Å². The Hall–Kier alpha value is -1.97. The molecule has 0 radical (unpaired) electrons. The van der Waals surface area contributed by atoms with Crippen LogP contribution in [0.1, 0.15) is 68.8 Å². The first-order valence-corrected chi connectivity index (χ1v) is 13.8. The summed E-state index contributed by atoms with van der Waals surface area (Å²) in [6.45, 7) is 7.83. The summed E-state index contributed by atoms with van der Waals surface area (Å²) < 4.78 is 31.0. The Kier molecular flexibility index (Phi) is 7.09. The van der Waals surface area contributed by atoms with Gasteiger partial charge in [-0.3, -0.25) is 4.79 Å². The van der Waals surface area contributed by atoms with E-state index in [0.717, 1.165) is 19.3 Å². The third-order valence-corrected chi connectivity index (χ3v) is 8.99. The first kappa shape index (κ1) is 25.1. The highest BCUT2D eigenvalue weighted by Gasteiger charge is 2.39. The molecule has 34 heavy (non-hydrogen) atoms. The fourth-order valence-electron chi connectivity index (χ4n) is 4.77. The molecule has 8 nitrogen and oxygen atoms in total. The highest BCUT2D eigenvalue weighted by molar-refractivity contribution is 7.90. The van der Waals surface area contributed by atoms with Gasteiger partial charge in [0, 0.05) is 23.1 Å². The van der Waals surface area contributed by atoms with E-state index in [1.807, 2.05) is 0 Å². The van der Waals surface area contributed by atoms with Gasteiger partial charge in [-0.25, -0.2) is 8.42 Å². The van der Waals surface area contributed by atoms with Crippen LogP contribution in [-0.2, 0) is 26.8 Å². The topological polar surface area (TPSA) is 114 Å². The maximum Gasteiger partial charge on any atom is 0.236 e. The summed E-state index contributed by atoms with van der Waals surface area (Å²) in [7, 11) is -3.70. The molecule has 0 aliphatic heterocycles. The van der Waals surface area contributed by atoms with Crippen LogP contribution in [0, 0.1) is 19.3 Å². The molecule has 4 rings (SSSR count). The molecular weight excluding hydrogens is 476 g/mol. The number of sulfone groups is 1. The molecule has 2 aliphatic carbocycles. The number of carbonyl (C=O) groups is 1. The quantitative estimate of drug-likeness (QED) is 0.559. The second-order valence-corrected chi connectivity index (χ2v) is 12.8. The second kappa shape index (κ2) is 9.59. The zero-order chi connectivity index (χ0) is 24.7. The summed E-state index contributed by atoms with van der Waals surface area (Å²) in [6, 6.07) is 4.43. The lowest BCUT2D eigenvalue weighted by Gasteiger charge is -2.43. The summed E-state index contributed by atoms with van der Waals surface area (Å²) in [4.78, 5) is 17.0. The molecule has 0 bridgehead atoms. The van der Waals surface area contributed by atoms with Crippen LogP contribution in [0.25, 0.3) is 0 Å². The van der Waals surface area contributed by atoms with E-state index in [4.69, 9.17) is 16.1 Å². The normalized spacial score (nSPS) is 22.5. The zero-order valence-corrected chi connectivity index (χ0v) is 21.7. The molecule has 2 atom stereocenters. The number of nitrogens with zero attached hydrogens (tertiary/aromatic N) is 2. The predicted molar refractivity (Wildman–Crippen MR) is 129 cm³/mol. The number of aryl methyl sites for hydroxylation is 2. The van der Waals surface area contributed by atoms with Gasteiger partial charge in [-0.2, -0.15) is 4.98 Å². The van der Waals surface area contributed by atoms with Crippen LogP contribution in [0.15, 0.2) is 21.6 Å². The SMILES string of the molecule is Cc1cc(S(=O)(=O)Cc2noc(CC(=O)NC3CCC(NC4CC4)CC3(C)C)n2)c(C)cc1Cl. The molecule has 186 valence electrons. The Morgan fingerprint density at radius 3 is 2.53 bits per heavy atom. The van der Waals surface area contributed by atoms with Gasteiger partial charge < -0.3 is 15.2 Å². The molecule has 10 heteroatoms. The maximum absolute atomic E-state index is 12.9. The van der Waals surface area contributed by atoms with E-state index in [1.54, 1.807) is 26.0 Å². The van der Waals surface area contributed by atoms with Crippen molar-refractivity contribution in [3.05, 3.63) is 40.0 Å². The van der Waals surface area contributed by atoms with Crippen LogP contribution in [0.5, 0.6) is 0 Å². The molecule has 2 aromatic rings. The fourth-order valence-corrected chi connectivity index (χ4v) is 6.51. The van der Waals surface area contributed by atoms with E-state index >= 15 is 0 Å². The molecule has 1 aromatic heterocycles. The molecular formula is C24H33ClN4O4S. The van der Waals surface area contributed by atoms with Crippen molar-refractivity contribution in [2.24, 2.45) is 5.41 Å². The molecule has 0 spiro atoms. The fraction of sp³-hybridized carbons (Fsp3) is 0.625. The van der Waals surface area contributed by atoms with E-state index < -0.39 is 15.6 Å². The third-order valence-electron chi connectivity index (χ3n) is 6.84. The Labute approximate surface area is 206 Å². The van der Waals surface area contributed by atoms with E-state index in [-0.39, 0.29) is 40.4 Å². The second-order valence-electron chi connectivity index (χ2n) is 10.4. The Morgan fingerprint density at radius 2 is 1.85 bits per heavy atom. The van der Waals surface area contributed by atoms with Crippen LogP contribution in [0.2, 0.25) is 5.02 Å². The van der Waals surface area contributed by atoms with Crippen LogP contribution in [0.4, 0.5) is 0 Å². The lowest BCUT2D eigenvalue weighted by molar-refractivity contribution is -0.122. The number of benzene rings is 1. The van der Waals surface area contributed by atoms with E-state index in [1.165, 1.54) is 12.8 Å². The van der Waals surface area contributed by atoms with E-state index in [2.05, 4.69) is 34.6 Å². The Morgan fingerprint density at radius 1 is 1.15 bits per heavy atom. The largest absolute Gasteiger partial charge is 0.352 e. The lowest BCUT2D eigenvalue weighted by Crippen LogP contribution is -2.52. The standard InChI is InChI=1S/C24H33ClN4O4S/c1-14-10-19(15(2)9-18(14)25)34(31,32)13-21-28-23(33-29-21)11-22(30)27-20-8-7-17(12-24(20,3)4)26-16-5-6-16/h9-10,16-17,20,26H,5-8,11-13H2,1-4H3,(H,27,30). The number of hydrogen-bond donors (Lipinski definition) is 2. The minimum atomic E-state index is -3.70. The number of rotatable bonds is 8. The van der Waals surface area contributed by atoms with E-state index in [0.29, 0.717) is 28.2 Å². The number of hydrogen-bond acceptors (Lipinski definition) is 7. The van der Waals surface area contributed by atoms with Gasteiger partial charge >= 0.3 is 0 Å². The van der Waals surface area contributed by atoms with Gasteiger partial charge in [-0.05, 0) is 74.6 Å². The average molecular weight is 509 g/mol. The molecule has 0 saturated heterocycles. The molecule has 1 aromatic carbocycles. The van der Waals surface area contributed by atoms with Crippen LogP contribution < -0.4 is 10.6 Å². The van der Waals surface area contributed by atoms with Crippen molar-refractivity contribution >= 4 is 27.3 Å². The lowest BCUT2D eigenvalue weighted by atomic mass is 9.71. The molecule has 1 amide bonds. The molecule has 1 heterocycles. The van der Waals surface area contributed by atoms with Crippen molar-refractivity contribution < 1.29 is 17.7 Å². The summed E-state index contributed by atoms with van der Waals surface area (Å²) in [5.74, 6) is -0.477. The van der Waals surface area contributed by atoms with Gasteiger partial charge in [-0.1, -0.05) is 30.6 Å². The van der Waals surface area contributed by atoms with Crippen LogP contribution in [0.3, 0.4) is 0 Å². The van der Waals surface area contributed by atoms with Crippen molar-refractivity contribution in [2.45, 2.75) is 95.0 Å². The Bertz CT molecular complexity index is 1170.